The number of thiocarbonyl (C=S) groups is 1. The van der Waals surface area contributed by atoms with Crippen LogP contribution in [0.4, 0.5) is 5.69 Å². The van der Waals surface area contributed by atoms with Crippen molar-refractivity contribution in [1.29, 1.82) is 0 Å². The summed E-state index contributed by atoms with van der Waals surface area (Å²) < 4.78 is 26.7. The third kappa shape index (κ3) is 5.41. The number of nitrogens with two attached hydrogens (primary N) is 2. The third-order valence-corrected chi connectivity index (χ3v) is 3.49. The largest absolute Gasteiger partial charge is 0.497 e. The zero-order valence-corrected chi connectivity index (χ0v) is 12.2. The monoisotopic (exact) mass is 303 g/mol. The highest BCUT2D eigenvalue weighted by atomic mass is 32.2. The van der Waals surface area contributed by atoms with Crippen LogP contribution >= 0.6 is 12.2 Å². The number of hydrogen-bond acceptors (Lipinski definition) is 5. The molecule has 0 atom stereocenters. The van der Waals surface area contributed by atoms with Gasteiger partial charge in [0.25, 0.3) is 0 Å². The molecule has 5 N–H and O–H groups in total. The molecule has 0 aliphatic rings. The van der Waals surface area contributed by atoms with E-state index >= 15 is 0 Å². The molecule has 0 bridgehead atoms. The van der Waals surface area contributed by atoms with E-state index < -0.39 is 10.0 Å². The standard InChI is InChI=1S/C11H17N3O3S2/c1-17-8-3-4-9(11(12)18)10(7-8)14-5-2-6-19(13,15)16/h3-4,7,14H,2,5-6H2,1H3,(H2,12,18)(H2,13,15,16). The first kappa shape index (κ1) is 15.7. The van der Waals surface area contributed by atoms with E-state index in [9.17, 15) is 8.42 Å². The zero-order valence-electron chi connectivity index (χ0n) is 10.5. The molecule has 0 spiro atoms. The van der Waals surface area contributed by atoms with Crippen molar-refractivity contribution in [2.45, 2.75) is 6.42 Å². The Morgan fingerprint density at radius 2 is 2.16 bits per heavy atom. The van der Waals surface area contributed by atoms with Crippen LogP contribution < -0.4 is 20.9 Å². The van der Waals surface area contributed by atoms with Gasteiger partial charge in [0.1, 0.15) is 10.7 Å². The summed E-state index contributed by atoms with van der Waals surface area (Å²) in [6.45, 7) is 0.444. The van der Waals surface area contributed by atoms with Crippen molar-refractivity contribution in [3.8, 4) is 5.75 Å². The van der Waals surface area contributed by atoms with Crippen molar-refractivity contribution in [3.63, 3.8) is 0 Å². The van der Waals surface area contributed by atoms with Gasteiger partial charge >= 0.3 is 0 Å². The first-order valence-corrected chi connectivity index (χ1v) is 7.68. The van der Waals surface area contributed by atoms with Crippen molar-refractivity contribution in [1.82, 2.24) is 0 Å². The van der Waals surface area contributed by atoms with Gasteiger partial charge in [-0.05, 0) is 18.6 Å². The minimum absolute atomic E-state index is 0.0770. The van der Waals surface area contributed by atoms with Gasteiger partial charge in [0.05, 0.1) is 12.9 Å². The Labute approximate surface area is 118 Å². The summed E-state index contributed by atoms with van der Waals surface area (Å²) in [5.41, 5.74) is 7.01. The van der Waals surface area contributed by atoms with E-state index in [0.717, 1.165) is 0 Å². The van der Waals surface area contributed by atoms with Gasteiger partial charge in [0.2, 0.25) is 10.0 Å². The molecule has 0 heterocycles. The summed E-state index contributed by atoms with van der Waals surface area (Å²) in [6.07, 6.45) is 0.396. The van der Waals surface area contributed by atoms with Crippen LogP contribution in [0.3, 0.4) is 0 Å². The molecule has 0 aliphatic carbocycles. The Hall–Kier alpha value is -1.38. The highest BCUT2D eigenvalue weighted by Gasteiger charge is 2.07. The Kier molecular flexibility index (Phi) is 5.52. The van der Waals surface area contributed by atoms with Gasteiger partial charge in [-0.15, -0.1) is 0 Å². The van der Waals surface area contributed by atoms with Crippen LogP contribution in [0.1, 0.15) is 12.0 Å². The van der Waals surface area contributed by atoms with Gasteiger partial charge in [0, 0.05) is 23.9 Å². The van der Waals surface area contributed by atoms with Crippen molar-refractivity contribution in [3.05, 3.63) is 23.8 Å². The number of primary sulfonamides is 1. The zero-order chi connectivity index (χ0) is 14.5. The Morgan fingerprint density at radius 3 is 2.68 bits per heavy atom. The molecule has 0 saturated heterocycles. The SMILES string of the molecule is COc1ccc(C(N)=S)c(NCCCS(N)(=O)=O)c1. The fraction of sp³-hybridized carbons (Fsp3) is 0.364. The number of rotatable bonds is 7. The number of hydrogen-bond donors (Lipinski definition) is 3. The lowest BCUT2D eigenvalue weighted by Crippen LogP contribution is -2.19. The lowest BCUT2D eigenvalue weighted by Gasteiger charge is -2.12. The molecule has 106 valence electrons. The molecule has 1 rings (SSSR count). The quantitative estimate of drug-likeness (QED) is 0.498. The van der Waals surface area contributed by atoms with Crippen LogP contribution in [-0.2, 0) is 10.0 Å². The molecule has 0 saturated carbocycles. The summed E-state index contributed by atoms with van der Waals surface area (Å²) >= 11 is 4.95. The number of ether oxygens (including phenoxy) is 1. The van der Waals surface area contributed by atoms with E-state index in [-0.39, 0.29) is 10.7 Å². The summed E-state index contributed by atoms with van der Waals surface area (Å²) in [7, 11) is -1.88. The summed E-state index contributed by atoms with van der Waals surface area (Å²) in [6, 6.07) is 5.26. The predicted octanol–water partition coefficient (Wildman–Crippen LogP) is 0.420. The maximum absolute atomic E-state index is 10.8. The van der Waals surface area contributed by atoms with Crippen LogP contribution in [0.15, 0.2) is 18.2 Å². The summed E-state index contributed by atoms with van der Waals surface area (Å²) in [4.78, 5) is 0.261. The second-order valence-electron chi connectivity index (χ2n) is 3.92. The second kappa shape index (κ2) is 6.69. The van der Waals surface area contributed by atoms with E-state index in [1.807, 2.05) is 0 Å². The Bertz CT molecular complexity index is 558. The van der Waals surface area contributed by atoms with E-state index in [1.165, 1.54) is 0 Å². The van der Waals surface area contributed by atoms with Gasteiger partial charge in [-0.2, -0.15) is 0 Å². The Balaban J connectivity index is 2.72. The fourth-order valence-corrected chi connectivity index (χ4v) is 2.23. The molecule has 19 heavy (non-hydrogen) atoms. The topological polar surface area (TPSA) is 107 Å². The van der Waals surface area contributed by atoms with Gasteiger partial charge in [-0.3, -0.25) is 0 Å². The molecule has 6 nitrogen and oxygen atoms in total. The molecule has 0 radical (unpaired) electrons. The first-order valence-electron chi connectivity index (χ1n) is 5.55. The first-order chi connectivity index (χ1) is 8.83. The van der Waals surface area contributed by atoms with Crippen LogP contribution in [0, 0.1) is 0 Å². The lowest BCUT2D eigenvalue weighted by molar-refractivity contribution is 0.415. The fourth-order valence-electron chi connectivity index (χ4n) is 1.51. The van der Waals surface area contributed by atoms with Crippen LogP contribution in [-0.4, -0.2) is 32.8 Å². The highest BCUT2D eigenvalue weighted by Crippen LogP contribution is 2.22. The van der Waals surface area contributed by atoms with Crippen molar-refractivity contribution >= 4 is 32.9 Å². The highest BCUT2D eigenvalue weighted by molar-refractivity contribution is 7.89. The average Bonchev–Trinajstić information content (AvgIpc) is 2.33. The molecule has 0 unspecified atom stereocenters. The molecule has 8 heteroatoms. The van der Waals surface area contributed by atoms with E-state index in [0.29, 0.717) is 30.0 Å². The predicted molar refractivity (Wildman–Crippen MR) is 80.0 cm³/mol. The van der Waals surface area contributed by atoms with Gasteiger partial charge in [-0.25, -0.2) is 13.6 Å². The number of methoxy groups -OCH3 is 1. The lowest BCUT2D eigenvalue weighted by atomic mass is 10.1. The maximum atomic E-state index is 10.8. The van der Waals surface area contributed by atoms with Crippen molar-refractivity contribution in [2.75, 3.05) is 24.7 Å². The smallest absolute Gasteiger partial charge is 0.209 e. The number of nitrogens with one attached hydrogen (secondary N) is 1. The average molecular weight is 303 g/mol. The van der Waals surface area contributed by atoms with Crippen molar-refractivity contribution in [2.24, 2.45) is 10.9 Å². The number of benzene rings is 1. The molecule has 0 aromatic heterocycles. The molecule has 1 aromatic carbocycles. The molecule has 1 aromatic rings. The summed E-state index contributed by atoms with van der Waals surface area (Å²) in [5, 5.41) is 8.00. The Morgan fingerprint density at radius 1 is 1.47 bits per heavy atom. The number of sulfonamides is 1. The van der Waals surface area contributed by atoms with E-state index in [4.69, 9.17) is 27.8 Å². The molecular weight excluding hydrogens is 286 g/mol. The normalized spacial score (nSPS) is 11.1. The third-order valence-electron chi connectivity index (χ3n) is 2.41. The summed E-state index contributed by atoms with van der Waals surface area (Å²) in [5.74, 6) is 0.584. The van der Waals surface area contributed by atoms with Crippen LogP contribution in [0.25, 0.3) is 0 Å². The van der Waals surface area contributed by atoms with Gasteiger partial charge < -0.3 is 15.8 Å². The maximum Gasteiger partial charge on any atom is 0.209 e. The van der Waals surface area contributed by atoms with E-state index in [1.54, 1.807) is 25.3 Å². The van der Waals surface area contributed by atoms with Crippen molar-refractivity contribution < 1.29 is 13.2 Å². The van der Waals surface area contributed by atoms with Gasteiger partial charge in [-0.1, -0.05) is 12.2 Å². The van der Waals surface area contributed by atoms with Gasteiger partial charge in [0.15, 0.2) is 0 Å². The minimum Gasteiger partial charge on any atom is -0.497 e. The molecule has 0 amide bonds. The number of anilines is 1. The molecule has 0 aliphatic heterocycles. The second-order valence-corrected chi connectivity index (χ2v) is 6.10. The van der Waals surface area contributed by atoms with E-state index in [2.05, 4.69) is 5.32 Å². The van der Waals surface area contributed by atoms with Crippen LogP contribution in [0.5, 0.6) is 5.75 Å². The molecular formula is C11H17N3O3S2. The minimum atomic E-state index is -3.43. The molecule has 0 fully saturated rings. The van der Waals surface area contributed by atoms with Crippen LogP contribution in [0.2, 0.25) is 0 Å².